The third kappa shape index (κ3) is 3.26. The normalized spacial score (nSPS) is 10.1. The van der Waals surface area contributed by atoms with Crippen molar-refractivity contribution in [2.24, 2.45) is 0 Å². The minimum absolute atomic E-state index is 0.192. The van der Waals surface area contributed by atoms with E-state index in [-0.39, 0.29) is 5.91 Å². The number of ether oxygens (including phenoxy) is 1. The fraction of sp³-hybridized carbons (Fsp3) is 0.200. The van der Waals surface area contributed by atoms with E-state index in [0.29, 0.717) is 29.3 Å². The average Bonchev–Trinajstić information content (AvgIpc) is 2.42. The van der Waals surface area contributed by atoms with Crippen LogP contribution in [-0.4, -0.2) is 17.4 Å². The quantitative estimate of drug-likeness (QED) is 0.838. The zero-order chi connectivity index (χ0) is 14.5. The summed E-state index contributed by atoms with van der Waals surface area (Å²) in [6.07, 6.45) is 1.61. The lowest BCUT2D eigenvalue weighted by molar-refractivity contribution is 0.0953. The first-order valence-electron chi connectivity index (χ1n) is 6.38. The summed E-state index contributed by atoms with van der Waals surface area (Å²) < 4.78 is 5.71. The molecule has 0 atom stereocenters. The Labute approximate surface area is 117 Å². The Kier molecular flexibility index (Phi) is 4.20. The number of nitrogen functional groups attached to an aromatic ring is 1. The van der Waals surface area contributed by atoms with Crippen molar-refractivity contribution in [1.82, 2.24) is 10.3 Å². The molecule has 0 spiro atoms. The third-order valence-electron chi connectivity index (χ3n) is 2.70. The van der Waals surface area contributed by atoms with Crippen LogP contribution in [0.15, 0.2) is 36.5 Å². The van der Waals surface area contributed by atoms with Crippen molar-refractivity contribution in [1.29, 1.82) is 0 Å². The van der Waals surface area contributed by atoms with Gasteiger partial charge in [0.15, 0.2) is 0 Å². The van der Waals surface area contributed by atoms with E-state index in [9.17, 15) is 4.79 Å². The van der Waals surface area contributed by atoms with Crippen LogP contribution in [0, 0.1) is 6.92 Å². The van der Waals surface area contributed by atoms with Gasteiger partial charge in [0.25, 0.3) is 5.91 Å². The van der Waals surface area contributed by atoms with Crippen molar-refractivity contribution >= 4 is 11.6 Å². The molecule has 5 heteroatoms. The molecule has 0 saturated carbocycles. The molecule has 0 radical (unpaired) electrons. The fourth-order valence-corrected chi connectivity index (χ4v) is 1.71. The van der Waals surface area contributed by atoms with E-state index < -0.39 is 0 Å². The molecule has 1 heterocycles. The molecule has 5 nitrogen and oxygen atoms in total. The van der Waals surface area contributed by atoms with E-state index in [0.717, 1.165) is 5.69 Å². The van der Waals surface area contributed by atoms with Crippen molar-refractivity contribution in [2.75, 3.05) is 12.3 Å². The Hall–Kier alpha value is -2.56. The minimum atomic E-state index is -0.192. The van der Waals surface area contributed by atoms with Gasteiger partial charge in [0.05, 0.1) is 11.8 Å². The molecule has 20 heavy (non-hydrogen) atoms. The van der Waals surface area contributed by atoms with Gasteiger partial charge in [-0.05, 0) is 38.1 Å². The monoisotopic (exact) mass is 271 g/mol. The van der Waals surface area contributed by atoms with Gasteiger partial charge in [0.2, 0.25) is 0 Å². The maximum atomic E-state index is 12.0. The summed E-state index contributed by atoms with van der Waals surface area (Å²) >= 11 is 0. The minimum Gasteiger partial charge on any atom is -0.455 e. The van der Waals surface area contributed by atoms with Crippen LogP contribution in [0.4, 0.5) is 5.69 Å². The topological polar surface area (TPSA) is 77.2 Å². The van der Waals surface area contributed by atoms with Crippen LogP contribution >= 0.6 is 0 Å². The summed E-state index contributed by atoms with van der Waals surface area (Å²) in [5.41, 5.74) is 7.63. The van der Waals surface area contributed by atoms with Gasteiger partial charge >= 0.3 is 0 Å². The maximum absolute atomic E-state index is 12.0. The van der Waals surface area contributed by atoms with Gasteiger partial charge < -0.3 is 15.8 Å². The number of carbonyl (C=O) groups excluding carboxylic acids is 1. The summed E-state index contributed by atoms with van der Waals surface area (Å²) in [5, 5.41) is 2.74. The van der Waals surface area contributed by atoms with Crippen LogP contribution in [0.2, 0.25) is 0 Å². The molecule has 2 rings (SSSR count). The zero-order valence-electron chi connectivity index (χ0n) is 11.5. The van der Waals surface area contributed by atoms with Crippen molar-refractivity contribution in [3.05, 3.63) is 47.8 Å². The number of benzene rings is 1. The van der Waals surface area contributed by atoms with Crippen molar-refractivity contribution in [3.8, 4) is 11.5 Å². The molecule has 0 aliphatic carbocycles. The number of aryl methyl sites for hydroxylation is 1. The highest BCUT2D eigenvalue weighted by molar-refractivity contribution is 5.97. The Bertz CT molecular complexity index is 609. The molecular formula is C15H17N3O2. The number of amides is 1. The van der Waals surface area contributed by atoms with Crippen molar-refractivity contribution in [3.63, 3.8) is 0 Å². The van der Waals surface area contributed by atoms with Crippen LogP contribution in [0.3, 0.4) is 0 Å². The Balaban J connectivity index is 2.31. The van der Waals surface area contributed by atoms with Gasteiger partial charge in [-0.15, -0.1) is 0 Å². The summed E-state index contributed by atoms with van der Waals surface area (Å²) in [7, 11) is 0. The molecule has 1 aromatic carbocycles. The maximum Gasteiger partial charge on any atom is 0.255 e. The average molecular weight is 271 g/mol. The lowest BCUT2D eigenvalue weighted by Gasteiger charge is -2.11. The van der Waals surface area contributed by atoms with Crippen LogP contribution < -0.4 is 15.8 Å². The number of nitrogens with zero attached hydrogens (tertiary/aromatic N) is 1. The van der Waals surface area contributed by atoms with E-state index in [1.54, 1.807) is 30.5 Å². The zero-order valence-corrected chi connectivity index (χ0v) is 11.5. The van der Waals surface area contributed by atoms with Gasteiger partial charge in [-0.2, -0.15) is 0 Å². The second-order valence-corrected chi connectivity index (χ2v) is 4.35. The second kappa shape index (κ2) is 6.06. The highest BCUT2D eigenvalue weighted by atomic mass is 16.5. The Morgan fingerprint density at radius 2 is 2.15 bits per heavy atom. The lowest BCUT2D eigenvalue weighted by Crippen LogP contribution is -2.23. The first kappa shape index (κ1) is 13.9. The van der Waals surface area contributed by atoms with Crippen molar-refractivity contribution < 1.29 is 9.53 Å². The highest BCUT2D eigenvalue weighted by Gasteiger charge is 2.13. The molecule has 0 saturated heterocycles. The van der Waals surface area contributed by atoms with Gasteiger partial charge in [0.1, 0.15) is 11.5 Å². The third-order valence-corrected chi connectivity index (χ3v) is 2.70. The fourth-order valence-electron chi connectivity index (χ4n) is 1.71. The van der Waals surface area contributed by atoms with Crippen LogP contribution in [-0.2, 0) is 0 Å². The standard InChI is InChI=1S/C15H17N3O2/c1-3-17-15(19)13-7-5-11(16)8-14(13)20-12-6-4-10(2)18-9-12/h4-9H,3,16H2,1-2H3,(H,17,19). The van der Waals surface area contributed by atoms with E-state index in [1.807, 2.05) is 19.9 Å². The molecule has 0 bridgehead atoms. The number of hydrogen-bond acceptors (Lipinski definition) is 4. The Morgan fingerprint density at radius 3 is 2.80 bits per heavy atom. The predicted molar refractivity (Wildman–Crippen MR) is 77.9 cm³/mol. The van der Waals surface area contributed by atoms with Gasteiger partial charge in [-0.25, -0.2) is 0 Å². The molecule has 0 unspecified atom stereocenters. The number of rotatable bonds is 4. The van der Waals surface area contributed by atoms with E-state index >= 15 is 0 Å². The second-order valence-electron chi connectivity index (χ2n) is 4.35. The van der Waals surface area contributed by atoms with E-state index in [1.165, 1.54) is 0 Å². The van der Waals surface area contributed by atoms with Crippen molar-refractivity contribution in [2.45, 2.75) is 13.8 Å². The number of carbonyl (C=O) groups is 1. The number of nitrogens with one attached hydrogen (secondary N) is 1. The Morgan fingerprint density at radius 1 is 1.35 bits per heavy atom. The SMILES string of the molecule is CCNC(=O)c1ccc(N)cc1Oc1ccc(C)nc1. The smallest absolute Gasteiger partial charge is 0.255 e. The van der Waals surface area contributed by atoms with Crippen LogP contribution in [0.5, 0.6) is 11.5 Å². The number of aromatic nitrogens is 1. The number of pyridine rings is 1. The molecule has 1 amide bonds. The summed E-state index contributed by atoms with van der Waals surface area (Å²) in [6, 6.07) is 8.59. The first-order chi connectivity index (χ1) is 9.60. The lowest BCUT2D eigenvalue weighted by atomic mass is 10.1. The highest BCUT2D eigenvalue weighted by Crippen LogP contribution is 2.27. The molecule has 0 aliphatic rings. The molecule has 2 aromatic rings. The first-order valence-corrected chi connectivity index (χ1v) is 6.38. The molecule has 0 aliphatic heterocycles. The van der Waals surface area contributed by atoms with Gasteiger partial charge in [0, 0.05) is 24.0 Å². The van der Waals surface area contributed by atoms with Gasteiger partial charge in [-0.1, -0.05) is 0 Å². The summed E-state index contributed by atoms with van der Waals surface area (Å²) in [6.45, 7) is 4.30. The molecule has 104 valence electrons. The van der Waals surface area contributed by atoms with Gasteiger partial charge in [-0.3, -0.25) is 9.78 Å². The van der Waals surface area contributed by atoms with E-state index in [2.05, 4.69) is 10.3 Å². The number of nitrogens with two attached hydrogens (primary N) is 1. The summed E-state index contributed by atoms with van der Waals surface area (Å²) in [5.74, 6) is 0.788. The summed E-state index contributed by atoms with van der Waals surface area (Å²) in [4.78, 5) is 16.1. The molecule has 3 N–H and O–H groups in total. The molecule has 1 aromatic heterocycles. The molecular weight excluding hydrogens is 254 g/mol. The van der Waals surface area contributed by atoms with E-state index in [4.69, 9.17) is 10.5 Å². The number of anilines is 1. The van der Waals surface area contributed by atoms with Crippen LogP contribution in [0.25, 0.3) is 0 Å². The molecule has 0 fully saturated rings. The predicted octanol–water partition coefficient (Wildman–Crippen LogP) is 2.51. The van der Waals surface area contributed by atoms with Crippen LogP contribution in [0.1, 0.15) is 23.0 Å². The largest absolute Gasteiger partial charge is 0.455 e. The number of hydrogen-bond donors (Lipinski definition) is 2.